The van der Waals surface area contributed by atoms with E-state index in [9.17, 15) is 0 Å². The van der Waals surface area contributed by atoms with Gasteiger partial charge in [-0.15, -0.1) is 24.0 Å². The number of hydrogen-bond donors (Lipinski definition) is 2. The smallest absolute Gasteiger partial charge is 0.195 e. The molecule has 0 aromatic heterocycles. The maximum absolute atomic E-state index is 5.62. The molecule has 0 atom stereocenters. The minimum atomic E-state index is 0. The summed E-state index contributed by atoms with van der Waals surface area (Å²) >= 11 is 0. The van der Waals surface area contributed by atoms with Gasteiger partial charge in [-0.1, -0.05) is 6.07 Å². The van der Waals surface area contributed by atoms with Crippen molar-refractivity contribution in [2.45, 2.75) is 19.8 Å². The summed E-state index contributed by atoms with van der Waals surface area (Å²) in [5.41, 5.74) is 2.08. The number of nitrogens with one attached hydrogen (secondary N) is 2. The van der Waals surface area contributed by atoms with E-state index in [1.54, 1.807) is 28.4 Å². The molecule has 2 aromatic rings. The Morgan fingerprint density at radius 1 is 0.900 bits per heavy atom. The van der Waals surface area contributed by atoms with Crippen molar-refractivity contribution >= 4 is 35.6 Å². The predicted octanol–water partition coefficient (Wildman–Crippen LogP) is 4.35. The average Bonchev–Trinajstić information content (AvgIpc) is 2.76. The number of benzene rings is 2. The first-order chi connectivity index (χ1) is 14.1. The second-order valence-electron chi connectivity index (χ2n) is 6.22. The van der Waals surface area contributed by atoms with Crippen LogP contribution >= 0.6 is 24.0 Å². The third-order valence-corrected chi connectivity index (χ3v) is 4.33. The van der Waals surface area contributed by atoms with Gasteiger partial charge in [-0.05, 0) is 49.6 Å². The van der Waals surface area contributed by atoms with Crippen LogP contribution in [0.3, 0.4) is 0 Å². The first-order valence-electron chi connectivity index (χ1n) is 9.64. The summed E-state index contributed by atoms with van der Waals surface area (Å²) in [5.74, 6) is 3.59. The lowest BCUT2D eigenvalue weighted by atomic mass is 10.1. The van der Waals surface area contributed by atoms with Crippen LogP contribution in [-0.4, -0.2) is 47.5 Å². The van der Waals surface area contributed by atoms with Gasteiger partial charge in [-0.2, -0.15) is 0 Å². The fraction of sp³-hybridized carbons (Fsp3) is 0.409. The van der Waals surface area contributed by atoms with Gasteiger partial charge in [0.1, 0.15) is 0 Å². The van der Waals surface area contributed by atoms with Gasteiger partial charge < -0.3 is 29.6 Å². The largest absolute Gasteiger partial charge is 0.493 e. The van der Waals surface area contributed by atoms with Crippen molar-refractivity contribution in [2.24, 2.45) is 4.99 Å². The summed E-state index contributed by atoms with van der Waals surface area (Å²) in [6, 6.07) is 11.7. The van der Waals surface area contributed by atoms with Crippen LogP contribution in [0.5, 0.6) is 23.0 Å². The highest BCUT2D eigenvalue weighted by molar-refractivity contribution is 14.0. The Balaban J connectivity index is 0.00000450. The molecule has 0 saturated carbocycles. The normalized spacial score (nSPS) is 10.6. The molecule has 0 aliphatic carbocycles. The van der Waals surface area contributed by atoms with E-state index in [4.69, 9.17) is 18.9 Å². The van der Waals surface area contributed by atoms with Crippen molar-refractivity contribution in [1.29, 1.82) is 0 Å². The summed E-state index contributed by atoms with van der Waals surface area (Å²) in [7, 11) is 6.66. The van der Waals surface area contributed by atoms with Gasteiger partial charge in [0.05, 0.1) is 27.9 Å². The van der Waals surface area contributed by atoms with Crippen molar-refractivity contribution in [2.75, 3.05) is 46.8 Å². The molecule has 8 heteroatoms. The average molecular weight is 529 g/mol. The van der Waals surface area contributed by atoms with Crippen LogP contribution in [0.4, 0.5) is 5.69 Å². The molecular weight excluding hydrogens is 497 g/mol. The third kappa shape index (κ3) is 7.47. The fourth-order valence-corrected chi connectivity index (χ4v) is 2.87. The number of aryl methyl sites for hydroxylation is 1. The molecule has 0 bridgehead atoms. The monoisotopic (exact) mass is 529 g/mol. The number of aliphatic imine (C=N–C) groups is 1. The zero-order valence-corrected chi connectivity index (χ0v) is 20.6. The zero-order chi connectivity index (χ0) is 21.1. The molecule has 2 aromatic carbocycles. The van der Waals surface area contributed by atoms with Crippen LogP contribution in [-0.2, 0) is 6.42 Å². The van der Waals surface area contributed by atoms with E-state index in [-0.39, 0.29) is 24.0 Å². The first-order valence-corrected chi connectivity index (χ1v) is 9.64. The first kappa shape index (κ1) is 25.7. The highest BCUT2D eigenvalue weighted by Crippen LogP contribution is 2.30. The number of rotatable bonds is 10. The van der Waals surface area contributed by atoms with Gasteiger partial charge >= 0.3 is 0 Å². The highest BCUT2D eigenvalue weighted by Gasteiger charge is 2.07. The fourth-order valence-electron chi connectivity index (χ4n) is 2.87. The minimum Gasteiger partial charge on any atom is -0.493 e. The van der Waals surface area contributed by atoms with E-state index in [1.165, 1.54) is 5.56 Å². The third-order valence-electron chi connectivity index (χ3n) is 4.33. The number of halogens is 1. The molecule has 30 heavy (non-hydrogen) atoms. The second-order valence-corrected chi connectivity index (χ2v) is 6.22. The van der Waals surface area contributed by atoms with Crippen LogP contribution in [0, 0.1) is 0 Å². The molecule has 0 fully saturated rings. The summed E-state index contributed by atoms with van der Waals surface area (Å²) in [4.78, 5) is 4.28. The Morgan fingerprint density at radius 2 is 1.57 bits per heavy atom. The Hall–Kier alpha value is -2.36. The maximum atomic E-state index is 5.62. The van der Waals surface area contributed by atoms with Crippen molar-refractivity contribution in [1.82, 2.24) is 5.32 Å². The van der Waals surface area contributed by atoms with E-state index >= 15 is 0 Å². The molecule has 0 aliphatic heterocycles. The molecule has 0 heterocycles. The van der Waals surface area contributed by atoms with Crippen LogP contribution in [0.2, 0.25) is 0 Å². The maximum Gasteiger partial charge on any atom is 0.195 e. The number of hydrogen-bond acceptors (Lipinski definition) is 5. The Kier molecular flexibility index (Phi) is 11.8. The molecule has 0 saturated heterocycles. The highest BCUT2D eigenvalue weighted by atomic mass is 127. The number of ether oxygens (including phenoxy) is 4. The van der Waals surface area contributed by atoms with Gasteiger partial charge in [0.25, 0.3) is 0 Å². The van der Waals surface area contributed by atoms with E-state index < -0.39 is 0 Å². The summed E-state index contributed by atoms with van der Waals surface area (Å²) in [5, 5.41) is 6.61. The summed E-state index contributed by atoms with van der Waals surface area (Å²) < 4.78 is 21.6. The number of anilines is 1. The van der Waals surface area contributed by atoms with Gasteiger partial charge in [0.2, 0.25) is 0 Å². The number of nitrogens with zero attached hydrogens (tertiary/aromatic N) is 1. The lowest BCUT2D eigenvalue weighted by molar-refractivity contribution is 0.311. The molecule has 2 N–H and O–H groups in total. The van der Waals surface area contributed by atoms with Crippen molar-refractivity contribution in [3.63, 3.8) is 0 Å². The van der Waals surface area contributed by atoms with E-state index in [1.807, 2.05) is 37.3 Å². The Bertz CT molecular complexity index is 815. The molecular formula is C22H32IN3O4. The van der Waals surface area contributed by atoms with Gasteiger partial charge in [-0.25, -0.2) is 0 Å². The van der Waals surface area contributed by atoms with Gasteiger partial charge in [0, 0.05) is 25.3 Å². The standard InChI is InChI=1S/C22H31N3O4.HI/c1-6-29-21-15-17(10-12-19(21)27-4)25-22(23-2)24-13-7-8-16-9-11-18(26-3)20(14-16)28-5;/h9-12,14-15H,6-8,13H2,1-5H3,(H2,23,24,25);1H. The van der Waals surface area contributed by atoms with Crippen LogP contribution < -0.4 is 29.6 Å². The van der Waals surface area contributed by atoms with Crippen molar-refractivity contribution in [3.8, 4) is 23.0 Å². The van der Waals surface area contributed by atoms with E-state index in [0.717, 1.165) is 36.6 Å². The summed E-state index contributed by atoms with van der Waals surface area (Å²) in [6.45, 7) is 3.30. The lowest BCUT2D eigenvalue weighted by Gasteiger charge is -2.15. The number of guanidine groups is 1. The Morgan fingerprint density at radius 3 is 2.20 bits per heavy atom. The topological polar surface area (TPSA) is 73.3 Å². The summed E-state index contributed by atoms with van der Waals surface area (Å²) in [6.07, 6.45) is 1.87. The van der Waals surface area contributed by atoms with E-state index in [2.05, 4.69) is 21.7 Å². The quantitative estimate of drug-likeness (QED) is 0.207. The lowest BCUT2D eigenvalue weighted by Crippen LogP contribution is -2.31. The molecule has 0 spiro atoms. The molecule has 0 amide bonds. The van der Waals surface area contributed by atoms with E-state index in [0.29, 0.717) is 24.1 Å². The number of methoxy groups -OCH3 is 3. The van der Waals surface area contributed by atoms with Crippen molar-refractivity contribution < 1.29 is 18.9 Å². The molecule has 0 unspecified atom stereocenters. The molecule has 0 aliphatic rings. The Labute approximate surface area is 196 Å². The van der Waals surface area contributed by atoms with Crippen molar-refractivity contribution in [3.05, 3.63) is 42.0 Å². The second kappa shape index (κ2) is 13.8. The van der Waals surface area contributed by atoms with Gasteiger partial charge in [0.15, 0.2) is 29.0 Å². The molecule has 166 valence electrons. The van der Waals surface area contributed by atoms with Crippen LogP contribution in [0.15, 0.2) is 41.4 Å². The zero-order valence-electron chi connectivity index (χ0n) is 18.3. The predicted molar refractivity (Wildman–Crippen MR) is 132 cm³/mol. The minimum absolute atomic E-state index is 0. The molecule has 2 rings (SSSR count). The van der Waals surface area contributed by atoms with Gasteiger partial charge in [-0.3, -0.25) is 4.99 Å². The SMILES string of the molecule is CCOc1cc(NC(=NC)NCCCc2ccc(OC)c(OC)c2)ccc1OC.I. The van der Waals surface area contributed by atoms with Crippen LogP contribution in [0.1, 0.15) is 18.9 Å². The molecule has 7 nitrogen and oxygen atoms in total. The van der Waals surface area contributed by atoms with Crippen LogP contribution in [0.25, 0.3) is 0 Å². The molecule has 0 radical (unpaired) electrons.